The average molecular weight is 453 g/mol. The van der Waals surface area contributed by atoms with Crippen LogP contribution < -0.4 is 19.8 Å². The lowest BCUT2D eigenvalue weighted by Gasteiger charge is -2.21. The van der Waals surface area contributed by atoms with Crippen LogP contribution in [0.2, 0.25) is 0 Å². The summed E-state index contributed by atoms with van der Waals surface area (Å²) >= 11 is 0. The third kappa shape index (κ3) is 4.10. The minimum atomic E-state index is -0.682. The average Bonchev–Trinajstić information content (AvgIpc) is 3.15. The SMILES string of the molecule is COc1cc(/C=C2\CCCn3c2nc2c(cnn2C)c3=O)cc(OC)c1OC(=O)C(C)(C)C. The van der Waals surface area contributed by atoms with E-state index in [2.05, 4.69) is 5.10 Å². The van der Waals surface area contributed by atoms with E-state index in [0.717, 1.165) is 24.0 Å². The third-order valence-electron chi connectivity index (χ3n) is 5.60. The Morgan fingerprint density at radius 1 is 1.15 bits per heavy atom. The van der Waals surface area contributed by atoms with Crippen LogP contribution in [0.15, 0.2) is 23.1 Å². The van der Waals surface area contributed by atoms with Crippen molar-refractivity contribution >= 4 is 28.7 Å². The maximum atomic E-state index is 13.0. The zero-order valence-corrected chi connectivity index (χ0v) is 19.8. The number of methoxy groups -OCH3 is 2. The number of hydrogen-bond acceptors (Lipinski definition) is 7. The van der Waals surface area contributed by atoms with Gasteiger partial charge in [-0.15, -0.1) is 0 Å². The summed E-state index contributed by atoms with van der Waals surface area (Å²) in [7, 11) is 4.79. The van der Waals surface area contributed by atoms with Gasteiger partial charge in [-0.3, -0.25) is 18.8 Å². The van der Waals surface area contributed by atoms with Crippen LogP contribution in [0, 0.1) is 5.41 Å². The molecule has 0 radical (unpaired) electrons. The Balaban J connectivity index is 1.81. The first-order valence-corrected chi connectivity index (χ1v) is 10.8. The minimum Gasteiger partial charge on any atom is -0.493 e. The van der Waals surface area contributed by atoms with Gasteiger partial charge < -0.3 is 14.2 Å². The molecule has 0 spiro atoms. The van der Waals surface area contributed by atoms with Crippen LogP contribution in [0.4, 0.5) is 0 Å². The predicted molar refractivity (Wildman–Crippen MR) is 125 cm³/mol. The third-order valence-corrected chi connectivity index (χ3v) is 5.60. The Kier molecular flexibility index (Phi) is 5.73. The van der Waals surface area contributed by atoms with Crippen LogP contribution >= 0.6 is 0 Å². The molecule has 9 nitrogen and oxygen atoms in total. The lowest BCUT2D eigenvalue weighted by molar-refractivity contribution is -0.143. The molecule has 0 aliphatic carbocycles. The van der Waals surface area contributed by atoms with Crippen molar-refractivity contribution in [2.75, 3.05) is 14.2 Å². The smallest absolute Gasteiger partial charge is 0.316 e. The number of carbonyl (C=O) groups excluding carboxylic acids is 1. The van der Waals surface area contributed by atoms with E-state index in [1.807, 2.05) is 6.08 Å². The summed E-state index contributed by atoms with van der Waals surface area (Å²) in [4.78, 5) is 30.2. The highest BCUT2D eigenvalue weighted by atomic mass is 16.6. The minimum absolute atomic E-state index is 0.0895. The van der Waals surface area contributed by atoms with Crippen molar-refractivity contribution in [1.82, 2.24) is 19.3 Å². The van der Waals surface area contributed by atoms with Gasteiger partial charge >= 0.3 is 5.97 Å². The van der Waals surface area contributed by atoms with Gasteiger partial charge in [-0.1, -0.05) is 0 Å². The molecule has 0 bridgehead atoms. The maximum absolute atomic E-state index is 13.0. The molecule has 3 heterocycles. The predicted octanol–water partition coefficient (Wildman–Crippen LogP) is 3.43. The summed E-state index contributed by atoms with van der Waals surface area (Å²) in [5.41, 5.74) is 1.48. The van der Waals surface area contributed by atoms with E-state index in [0.29, 0.717) is 34.9 Å². The Labute approximate surface area is 191 Å². The van der Waals surface area contributed by atoms with Crippen molar-refractivity contribution in [1.29, 1.82) is 0 Å². The molecule has 4 rings (SSSR count). The lowest BCUT2D eigenvalue weighted by atomic mass is 9.97. The fourth-order valence-corrected chi connectivity index (χ4v) is 3.78. The second kappa shape index (κ2) is 8.38. The standard InChI is InChI=1S/C24H28N4O5/c1-24(2,3)23(30)33-19-17(31-5)11-14(12-18(19)32-6)10-15-8-7-9-28-20(15)26-21-16(22(28)29)13-25-27(21)4/h10-13H,7-9H2,1-6H3/b15-10+. The number of aromatic nitrogens is 4. The van der Waals surface area contributed by atoms with Gasteiger partial charge in [0.15, 0.2) is 17.1 Å². The number of carbonyl (C=O) groups is 1. The van der Waals surface area contributed by atoms with Gasteiger partial charge in [0.25, 0.3) is 5.56 Å². The molecule has 3 aromatic rings. The van der Waals surface area contributed by atoms with Gasteiger partial charge in [-0.05, 0) is 63.0 Å². The van der Waals surface area contributed by atoms with Crippen LogP contribution in [0.5, 0.6) is 17.2 Å². The van der Waals surface area contributed by atoms with E-state index in [-0.39, 0.29) is 11.3 Å². The summed E-state index contributed by atoms with van der Waals surface area (Å²) in [5, 5.41) is 4.69. The first-order valence-electron chi connectivity index (χ1n) is 10.8. The fraction of sp³-hybridized carbons (Fsp3) is 0.417. The van der Waals surface area contributed by atoms with Crippen LogP contribution in [-0.2, 0) is 18.4 Å². The molecule has 33 heavy (non-hydrogen) atoms. The number of allylic oxidation sites excluding steroid dienone is 1. The summed E-state index contributed by atoms with van der Waals surface area (Å²) in [5.74, 6) is 1.22. The van der Waals surface area contributed by atoms with E-state index in [1.165, 1.54) is 14.2 Å². The Morgan fingerprint density at radius 3 is 2.42 bits per heavy atom. The van der Waals surface area contributed by atoms with Gasteiger partial charge in [0.2, 0.25) is 5.75 Å². The molecule has 0 atom stereocenters. The van der Waals surface area contributed by atoms with Crippen LogP contribution in [0.1, 0.15) is 45.0 Å². The van der Waals surface area contributed by atoms with E-state index < -0.39 is 11.4 Å². The highest BCUT2D eigenvalue weighted by Gasteiger charge is 2.27. The summed E-state index contributed by atoms with van der Waals surface area (Å²) in [6.07, 6.45) is 5.10. The summed E-state index contributed by atoms with van der Waals surface area (Å²) in [6.45, 7) is 5.95. The largest absolute Gasteiger partial charge is 0.493 e. The van der Waals surface area contributed by atoms with E-state index in [4.69, 9.17) is 19.2 Å². The molecule has 0 saturated carbocycles. The van der Waals surface area contributed by atoms with Crippen molar-refractivity contribution in [3.05, 3.63) is 40.1 Å². The monoisotopic (exact) mass is 452 g/mol. The Bertz CT molecular complexity index is 1300. The number of esters is 1. The Hall–Kier alpha value is -3.62. The number of aryl methyl sites for hydroxylation is 1. The molecule has 1 aromatic carbocycles. The highest BCUT2D eigenvalue weighted by molar-refractivity contribution is 5.84. The first kappa shape index (κ1) is 22.6. The van der Waals surface area contributed by atoms with Crippen molar-refractivity contribution < 1.29 is 19.0 Å². The van der Waals surface area contributed by atoms with E-state index in [9.17, 15) is 9.59 Å². The Morgan fingerprint density at radius 2 is 1.82 bits per heavy atom. The lowest BCUT2D eigenvalue weighted by Crippen LogP contribution is -2.27. The van der Waals surface area contributed by atoms with E-state index >= 15 is 0 Å². The first-order chi connectivity index (χ1) is 15.6. The normalized spacial score (nSPS) is 14.9. The van der Waals surface area contributed by atoms with E-state index in [1.54, 1.807) is 55.4 Å². The zero-order chi connectivity index (χ0) is 23.9. The molecule has 0 amide bonds. The van der Waals surface area contributed by atoms with Gasteiger partial charge in [0, 0.05) is 13.6 Å². The summed E-state index contributed by atoms with van der Waals surface area (Å²) in [6, 6.07) is 3.56. The quantitative estimate of drug-likeness (QED) is 0.442. The molecule has 2 aromatic heterocycles. The number of hydrogen-bond donors (Lipinski definition) is 0. The summed E-state index contributed by atoms with van der Waals surface area (Å²) < 4.78 is 19.9. The topological polar surface area (TPSA) is 97.5 Å². The molecule has 1 aliphatic heterocycles. The van der Waals surface area contributed by atoms with Gasteiger partial charge in [0.1, 0.15) is 11.2 Å². The van der Waals surface area contributed by atoms with Crippen LogP contribution in [-0.4, -0.2) is 39.5 Å². The number of rotatable bonds is 4. The zero-order valence-electron chi connectivity index (χ0n) is 19.8. The van der Waals surface area contributed by atoms with Crippen molar-refractivity contribution in [3.63, 3.8) is 0 Å². The molecule has 174 valence electrons. The van der Waals surface area contributed by atoms with Crippen LogP contribution in [0.3, 0.4) is 0 Å². The second-order valence-electron chi connectivity index (χ2n) is 9.06. The second-order valence-corrected chi connectivity index (χ2v) is 9.06. The maximum Gasteiger partial charge on any atom is 0.316 e. The number of ether oxygens (including phenoxy) is 3. The van der Waals surface area contributed by atoms with Gasteiger partial charge in [-0.2, -0.15) is 5.10 Å². The van der Waals surface area contributed by atoms with Gasteiger partial charge in [0.05, 0.1) is 25.8 Å². The fourth-order valence-electron chi connectivity index (χ4n) is 3.78. The van der Waals surface area contributed by atoms with Crippen LogP contribution in [0.25, 0.3) is 22.7 Å². The molecule has 0 unspecified atom stereocenters. The molecule has 0 saturated heterocycles. The molecular formula is C24H28N4O5. The number of fused-ring (bicyclic) bond motifs is 2. The molecular weight excluding hydrogens is 424 g/mol. The number of nitrogens with zero attached hydrogens (tertiary/aromatic N) is 4. The molecule has 0 fully saturated rings. The molecule has 1 aliphatic rings. The molecule has 9 heteroatoms. The van der Waals surface area contributed by atoms with Crippen molar-refractivity contribution in [2.24, 2.45) is 12.5 Å². The number of benzene rings is 1. The highest BCUT2D eigenvalue weighted by Crippen LogP contribution is 2.41. The molecule has 0 N–H and O–H groups in total. The van der Waals surface area contributed by atoms with Crippen molar-refractivity contribution in [2.45, 2.75) is 40.2 Å². The van der Waals surface area contributed by atoms with Gasteiger partial charge in [-0.25, -0.2) is 4.98 Å². The van der Waals surface area contributed by atoms with Crippen molar-refractivity contribution in [3.8, 4) is 17.2 Å².